The summed E-state index contributed by atoms with van der Waals surface area (Å²) in [5.74, 6) is 0. The largest absolute Gasteiger partial charge is 0.310 e. The third kappa shape index (κ3) is 4.35. The van der Waals surface area contributed by atoms with Gasteiger partial charge in [0, 0.05) is 62.8 Å². The molecule has 2 aromatic heterocycles. The molecular formula is C42H27NS2. The van der Waals surface area contributed by atoms with Crippen molar-refractivity contribution in [2.24, 2.45) is 0 Å². The topological polar surface area (TPSA) is 3.24 Å². The van der Waals surface area contributed by atoms with Crippen LogP contribution in [0, 0.1) is 0 Å². The van der Waals surface area contributed by atoms with Gasteiger partial charge in [0.1, 0.15) is 0 Å². The van der Waals surface area contributed by atoms with E-state index in [0.717, 1.165) is 17.1 Å². The predicted octanol–water partition coefficient (Wildman–Crippen LogP) is 13.2. The molecule has 9 aromatic rings. The van der Waals surface area contributed by atoms with Crippen LogP contribution in [-0.4, -0.2) is 0 Å². The second kappa shape index (κ2) is 10.7. The highest BCUT2D eigenvalue weighted by Gasteiger charge is 2.23. The molecule has 0 saturated heterocycles. The van der Waals surface area contributed by atoms with Crippen molar-refractivity contribution in [2.75, 3.05) is 4.90 Å². The summed E-state index contributed by atoms with van der Waals surface area (Å²) in [5, 5.41) is 5.24. The fourth-order valence-electron chi connectivity index (χ4n) is 6.67. The zero-order chi connectivity index (χ0) is 29.7. The Kier molecular flexibility index (Phi) is 6.26. The fraction of sp³-hybridized carbons (Fsp3) is 0. The van der Waals surface area contributed by atoms with Crippen molar-refractivity contribution < 1.29 is 0 Å². The van der Waals surface area contributed by atoms with Gasteiger partial charge in [-0.3, -0.25) is 0 Å². The molecule has 0 aliphatic carbocycles. The van der Waals surface area contributed by atoms with E-state index >= 15 is 0 Å². The van der Waals surface area contributed by atoms with Gasteiger partial charge in [-0.15, -0.1) is 22.7 Å². The number of hydrogen-bond acceptors (Lipinski definition) is 3. The highest BCUT2D eigenvalue weighted by Crippen LogP contribution is 2.50. The van der Waals surface area contributed by atoms with E-state index in [-0.39, 0.29) is 0 Å². The van der Waals surface area contributed by atoms with Crippen LogP contribution in [-0.2, 0) is 0 Å². The quantitative estimate of drug-likeness (QED) is 0.188. The van der Waals surface area contributed by atoms with Gasteiger partial charge in [-0.05, 0) is 53.6 Å². The zero-order valence-electron chi connectivity index (χ0n) is 24.4. The zero-order valence-corrected chi connectivity index (χ0v) is 26.0. The van der Waals surface area contributed by atoms with Gasteiger partial charge in [-0.2, -0.15) is 0 Å². The first-order valence-corrected chi connectivity index (χ1v) is 16.8. The van der Waals surface area contributed by atoms with E-state index in [2.05, 4.69) is 169 Å². The van der Waals surface area contributed by atoms with Crippen molar-refractivity contribution in [2.45, 2.75) is 0 Å². The Labute approximate surface area is 269 Å². The molecule has 9 rings (SSSR count). The molecule has 0 spiro atoms. The van der Waals surface area contributed by atoms with Crippen LogP contribution < -0.4 is 4.90 Å². The van der Waals surface area contributed by atoms with Crippen molar-refractivity contribution in [3.05, 3.63) is 164 Å². The minimum absolute atomic E-state index is 1.13. The molecule has 0 N–H and O–H groups in total. The lowest BCUT2D eigenvalue weighted by Gasteiger charge is -2.29. The average Bonchev–Trinajstić information content (AvgIpc) is 3.67. The summed E-state index contributed by atoms with van der Waals surface area (Å²) in [4.78, 5) is 2.44. The SMILES string of the molecule is c1ccc(-c2cccc(N(c3ccccc3)c3ccc4c(c3)sc3ccccc34)c2-c2cccc3c2sc2ccccc23)cc1. The summed E-state index contributed by atoms with van der Waals surface area (Å²) in [6.07, 6.45) is 0. The third-order valence-corrected chi connectivity index (χ3v) is 11.0. The molecule has 0 aliphatic heterocycles. The van der Waals surface area contributed by atoms with Gasteiger partial charge >= 0.3 is 0 Å². The van der Waals surface area contributed by atoms with Gasteiger partial charge in [0.25, 0.3) is 0 Å². The van der Waals surface area contributed by atoms with E-state index in [9.17, 15) is 0 Å². The van der Waals surface area contributed by atoms with Crippen molar-refractivity contribution in [3.63, 3.8) is 0 Å². The first-order valence-electron chi connectivity index (χ1n) is 15.2. The Morgan fingerprint density at radius 2 is 0.978 bits per heavy atom. The van der Waals surface area contributed by atoms with Crippen LogP contribution in [0.1, 0.15) is 0 Å². The first-order chi connectivity index (χ1) is 22.3. The van der Waals surface area contributed by atoms with Gasteiger partial charge in [0.05, 0.1) is 5.69 Å². The number of fused-ring (bicyclic) bond motifs is 6. The molecular weight excluding hydrogens is 583 g/mol. The van der Waals surface area contributed by atoms with E-state index in [1.807, 2.05) is 22.7 Å². The number of benzene rings is 7. The molecule has 0 fully saturated rings. The lowest BCUT2D eigenvalue weighted by Crippen LogP contribution is -2.11. The molecule has 45 heavy (non-hydrogen) atoms. The second-order valence-electron chi connectivity index (χ2n) is 11.3. The Morgan fingerprint density at radius 1 is 0.378 bits per heavy atom. The number of nitrogens with zero attached hydrogens (tertiary/aromatic N) is 1. The number of para-hydroxylation sites is 1. The minimum atomic E-state index is 1.13. The molecule has 0 aliphatic rings. The van der Waals surface area contributed by atoms with E-state index in [1.54, 1.807) is 0 Å². The van der Waals surface area contributed by atoms with Crippen LogP contribution in [0.2, 0.25) is 0 Å². The molecule has 1 nitrogen and oxygen atoms in total. The van der Waals surface area contributed by atoms with E-state index < -0.39 is 0 Å². The Hall–Kier alpha value is -5.22. The van der Waals surface area contributed by atoms with E-state index in [0.29, 0.717) is 0 Å². The highest BCUT2D eigenvalue weighted by molar-refractivity contribution is 7.26. The molecule has 0 atom stereocenters. The summed E-state index contributed by atoms with van der Waals surface area (Å²) in [7, 11) is 0. The maximum Gasteiger partial charge on any atom is 0.0546 e. The van der Waals surface area contributed by atoms with E-state index in [1.165, 1.54) is 62.6 Å². The summed E-state index contributed by atoms with van der Waals surface area (Å²) in [6, 6.07) is 59.6. The molecule has 0 amide bonds. The smallest absolute Gasteiger partial charge is 0.0546 e. The maximum absolute atomic E-state index is 2.44. The van der Waals surface area contributed by atoms with Gasteiger partial charge in [-0.25, -0.2) is 0 Å². The lowest BCUT2D eigenvalue weighted by molar-refractivity contribution is 1.29. The number of anilines is 3. The summed E-state index contributed by atoms with van der Waals surface area (Å²) in [6.45, 7) is 0. The molecule has 0 radical (unpaired) electrons. The summed E-state index contributed by atoms with van der Waals surface area (Å²) >= 11 is 3.75. The fourth-order valence-corrected chi connectivity index (χ4v) is 9.03. The Balaban J connectivity index is 1.37. The third-order valence-electron chi connectivity index (χ3n) is 8.68. The Morgan fingerprint density at radius 3 is 1.78 bits per heavy atom. The van der Waals surface area contributed by atoms with Crippen molar-refractivity contribution in [1.29, 1.82) is 0 Å². The number of rotatable bonds is 5. The van der Waals surface area contributed by atoms with Gasteiger partial charge < -0.3 is 4.90 Å². The molecule has 0 bridgehead atoms. The van der Waals surface area contributed by atoms with Crippen molar-refractivity contribution in [1.82, 2.24) is 0 Å². The average molecular weight is 610 g/mol. The van der Waals surface area contributed by atoms with Crippen LogP contribution in [0.5, 0.6) is 0 Å². The molecule has 0 unspecified atom stereocenters. The van der Waals surface area contributed by atoms with Crippen LogP contribution >= 0.6 is 22.7 Å². The van der Waals surface area contributed by atoms with Crippen molar-refractivity contribution in [3.8, 4) is 22.3 Å². The number of hydrogen-bond donors (Lipinski definition) is 0. The van der Waals surface area contributed by atoms with Crippen LogP contribution in [0.3, 0.4) is 0 Å². The van der Waals surface area contributed by atoms with E-state index in [4.69, 9.17) is 0 Å². The predicted molar refractivity (Wildman–Crippen MR) is 198 cm³/mol. The second-order valence-corrected chi connectivity index (χ2v) is 13.4. The molecule has 2 heterocycles. The monoisotopic (exact) mass is 609 g/mol. The molecule has 212 valence electrons. The van der Waals surface area contributed by atoms with Gasteiger partial charge in [-0.1, -0.05) is 121 Å². The van der Waals surface area contributed by atoms with Gasteiger partial charge in [0.2, 0.25) is 0 Å². The van der Waals surface area contributed by atoms with Crippen molar-refractivity contribution >= 4 is 80.1 Å². The first kappa shape index (κ1) is 26.2. The summed E-state index contributed by atoms with van der Waals surface area (Å²) < 4.78 is 5.24. The summed E-state index contributed by atoms with van der Waals surface area (Å²) in [5.41, 5.74) is 8.37. The van der Waals surface area contributed by atoms with Crippen LogP contribution in [0.4, 0.5) is 17.1 Å². The molecule has 7 aromatic carbocycles. The molecule has 0 saturated carbocycles. The van der Waals surface area contributed by atoms with Crippen LogP contribution in [0.25, 0.3) is 62.6 Å². The number of thiophene rings is 2. The molecule has 3 heteroatoms. The Bertz CT molecular complexity index is 2490. The van der Waals surface area contributed by atoms with Gasteiger partial charge in [0.15, 0.2) is 0 Å². The highest BCUT2D eigenvalue weighted by atomic mass is 32.1. The lowest BCUT2D eigenvalue weighted by atomic mass is 9.91. The maximum atomic E-state index is 2.44. The normalized spacial score (nSPS) is 11.6. The standard InChI is InChI=1S/C42H27NS2/c1-3-13-28(14-4-1)31-19-12-22-37(41(31)36-21-11-20-35-33-18-8-10-24-39(33)45-42(35)36)43(29-15-5-2-6-16-29)30-25-26-34-32-17-7-9-23-38(32)44-40(34)27-30/h1-27H. The van der Waals surface area contributed by atoms with Crippen LogP contribution in [0.15, 0.2) is 164 Å². The minimum Gasteiger partial charge on any atom is -0.310 e.